The molecule has 0 aliphatic carbocycles. The first-order valence-corrected chi connectivity index (χ1v) is 7.31. The predicted octanol–water partition coefficient (Wildman–Crippen LogP) is 3.37. The van der Waals surface area contributed by atoms with Crippen LogP contribution in [0.3, 0.4) is 0 Å². The summed E-state index contributed by atoms with van der Waals surface area (Å²) in [5, 5.41) is 0. The summed E-state index contributed by atoms with van der Waals surface area (Å²) in [6.07, 6.45) is 2.98. The highest BCUT2D eigenvalue weighted by molar-refractivity contribution is 5.96. The molecule has 100 valence electrons. The molecule has 0 saturated carbocycles. The molecule has 0 saturated heterocycles. The number of benzene rings is 2. The fraction of sp³-hybridized carbons (Fsp3) is 0.278. The van der Waals surface area contributed by atoms with E-state index in [0.29, 0.717) is 0 Å². The third-order valence-corrected chi connectivity index (χ3v) is 4.61. The van der Waals surface area contributed by atoms with Crippen molar-refractivity contribution in [3.05, 3.63) is 70.8 Å². The van der Waals surface area contributed by atoms with Crippen LogP contribution in [0.25, 0.3) is 0 Å². The standard InChI is InChI=1S/C18H17NO/c20-18-16-8-4-2-5-13(16)9-10-17-15-7-3-1-6-14(15)11-12-19(17)18/h1-8,17H,9-12H2. The van der Waals surface area contributed by atoms with E-state index in [1.54, 1.807) is 0 Å². The highest BCUT2D eigenvalue weighted by Crippen LogP contribution is 2.36. The Morgan fingerprint density at radius 3 is 2.55 bits per heavy atom. The first-order chi connectivity index (χ1) is 9.84. The minimum atomic E-state index is 0.206. The molecular weight excluding hydrogens is 246 g/mol. The van der Waals surface area contributed by atoms with Crippen molar-refractivity contribution in [3.63, 3.8) is 0 Å². The molecule has 0 fully saturated rings. The highest BCUT2D eigenvalue weighted by Gasteiger charge is 2.33. The second-order valence-corrected chi connectivity index (χ2v) is 5.66. The summed E-state index contributed by atoms with van der Waals surface area (Å²) in [7, 11) is 0. The molecule has 20 heavy (non-hydrogen) atoms. The summed E-state index contributed by atoms with van der Waals surface area (Å²) in [4.78, 5) is 14.9. The lowest BCUT2D eigenvalue weighted by Gasteiger charge is -2.36. The molecule has 1 atom stereocenters. The Hall–Kier alpha value is -2.09. The van der Waals surface area contributed by atoms with Gasteiger partial charge in [0.15, 0.2) is 0 Å². The molecule has 1 unspecified atom stereocenters. The maximum atomic E-state index is 12.8. The molecule has 0 aromatic heterocycles. The van der Waals surface area contributed by atoms with Crippen molar-refractivity contribution in [1.82, 2.24) is 4.90 Å². The van der Waals surface area contributed by atoms with E-state index in [0.717, 1.165) is 31.4 Å². The molecule has 2 aliphatic heterocycles. The number of amides is 1. The number of aryl methyl sites for hydroxylation is 1. The van der Waals surface area contributed by atoms with Crippen LogP contribution in [-0.4, -0.2) is 17.4 Å². The number of hydrogen-bond acceptors (Lipinski definition) is 1. The fourth-order valence-electron chi connectivity index (χ4n) is 3.60. The quantitative estimate of drug-likeness (QED) is 0.713. The van der Waals surface area contributed by atoms with E-state index < -0.39 is 0 Å². The average molecular weight is 263 g/mol. The molecule has 0 radical (unpaired) electrons. The van der Waals surface area contributed by atoms with Crippen molar-refractivity contribution >= 4 is 5.91 Å². The lowest BCUT2D eigenvalue weighted by molar-refractivity contribution is 0.0663. The summed E-state index contributed by atoms with van der Waals surface area (Å²) in [6.45, 7) is 0.842. The van der Waals surface area contributed by atoms with Gasteiger partial charge in [0.05, 0.1) is 6.04 Å². The van der Waals surface area contributed by atoms with Gasteiger partial charge < -0.3 is 4.90 Å². The molecule has 2 heteroatoms. The van der Waals surface area contributed by atoms with E-state index >= 15 is 0 Å². The van der Waals surface area contributed by atoms with Gasteiger partial charge >= 0.3 is 0 Å². The highest BCUT2D eigenvalue weighted by atomic mass is 16.2. The maximum Gasteiger partial charge on any atom is 0.254 e. The van der Waals surface area contributed by atoms with Crippen molar-refractivity contribution in [3.8, 4) is 0 Å². The van der Waals surface area contributed by atoms with Crippen LogP contribution in [0.2, 0.25) is 0 Å². The van der Waals surface area contributed by atoms with Gasteiger partial charge in [-0.2, -0.15) is 0 Å². The summed E-state index contributed by atoms with van der Waals surface area (Å²) >= 11 is 0. The number of nitrogens with zero attached hydrogens (tertiary/aromatic N) is 1. The topological polar surface area (TPSA) is 20.3 Å². The van der Waals surface area contributed by atoms with Gasteiger partial charge in [-0.15, -0.1) is 0 Å². The van der Waals surface area contributed by atoms with Crippen LogP contribution in [0.15, 0.2) is 48.5 Å². The maximum absolute atomic E-state index is 12.8. The number of carbonyl (C=O) groups excluding carboxylic acids is 1. The molecular formula is C18H17NO. The lowest BCUT2D eigenvalue weighted by Crippen LogP contribution is -2.39. The SMILES string of the molecule is O=C1c2ccccc2CCC2c3ccccc3CCN12. The second-order valence-electron chi connectivity index (χ2n) is 5.66. The van der Waals surface area contributed by atoms with Crippen LogP contribution >= 0.6 is 0 Å². The summed E-state index contributed by atoms with van der Waals surface area (Å²) in [5.74, 6) is 0.206. The summed E-state index contributed by atoms with van der Waals surface area (Å²) < 4.78 is 0. The smallest absolute Gasteiger partial charge is 0.254 e. The Balaban J connectivity index is 1.81. The normalized spacial score (nSPS) is 20.7. The van der Waals surface area contributed by atoms with E-state index in [9.17, 15) is 4.79 Å². The number of rotatable bonds is 0. The van der Waals surface area contributed by atoms with E-state index in [1.807, 2.05) is 18.2 Å². The van der Waals surface area contributed by atoms with Gasteiger partial charge in [-0.1, -0.05) is 42.5 Å². The number of hydrogen-bond donors (Lipinski definition) is 0. The average Bonchev–Trinajstić information content (AvgIpc) is 2.65. The van der Waals surface area contributed by atoms with Crippen molar-refractivity contribution in [2.24, 2.45) is 0 Å². The molecule has 2 aliphatic rings. The van der Waals surface area contributed by atoms with Gasteiger partial charge in [-0.25, -0.2) is 0 Å². The first kappa shape index (κ1) is 11.7. The van der Waals surface area contributed by atoms with Crippen molar-refractivity contribution in [1.29, 1.82) is 0 Å². The number of fused-ring (bicyclic) bond motifs is 4. The summed E-state index contributed by atoms with van der Waals surface area (Å²) in [6, 6.07) is 16.9. The molecule has 1 amide bonds. The van der Waals surface area contributed by atoms with Crippen molar-refractivity contribution in [2.45, 2.75) is 25.3 Å². The van der Waals surface area contributed by atoms with Crippen LogP contribution in [-0.2, 0) is 12.8 Å². The van der Waals surface area contributed by atoms with Gasteiger partial charge in [0.2, 0.25) is 0 Å². The van der Waals surface area contributed by atoms with Gasteiger partial charge in [-0.3, -0.25) is 4.79 Å². The molecule has 2 aromatic carbocycles. The zero-order valence-corrected chi connectivity index (χ0v) is 11.4. The van der Waals surface area contributed by atoms with Crippen molar-refractivity contribution < 1.29 is 4.79 Å². The van der Waals surface area contributed by atoms with Gasteiger partial charge in [0.25, 0.3) is 5.91 Å². The lowest BCUT2D eigenvalue weighted by atomic mass is 9.90. The van der Waals surface area contributed by atoms with Crippen LogP contribution in [0.1, 0.15) is 39.5 Å². The molecule has 2 nitrogen and oxygen atoms in total. The third-order valence-electron chi connectivity index (χ3n) is 4.61. The molecule has 0 bridgehead atoms. The van der Waals surface area contributed by atoms with E-state index in [-0.39, 0.29) is 11.9 Å². The zero-order valence-electron chi connectivity index (χ0n) is 11.4. The van der Waals surface area contributed by atoms with Gasteiger partial charge in [0, 0.05) is 12.1 Å². The minimum Gasteiger partial charge on any atom is -0.331 e. The summed E-state index contributed by atoms with van der Waals surface area (Å²) in [5.41, 5.74) is 4.85. The molecule has 4 rings (SSSR count). The Kier molecular flexibility index (Phi) is 2.62. The predicted molar refractivity (Wildman–Crippen MR) is 78.7 cm³/mol. The van der Waals surface area contributed by atoms with Crippen LogP contribution in [0, 0.1) is 0 Å². The minimum absolute atomic E-state index is 0.206. The Morgan fingerprint density at radius 2 is 1.65 bits per heavy atom. The Labute approximate surface area is 119 Å². The molecule has 2 heterocycles. The van der Waals surface area contributed by atoms with Gasteiger partial charge in [-0.05, 0) is 42.0 Å². The fourth-order valence-corrected chi connectivity index (χ4v) is 3.60. The first-order valence-electron chi connectivity index (χ1n) is 7.31. The Bertz CT molecular complexity index is 677. The van der Waals surface area contributed by atoms with E-state index in [1.165, 1.54) is 16.7 Å². The van der Waals surface area contributed by atoms with Crippen LogP contribution in [0.5, 0.6) is 0 Å². The zero-order chi connectivity index (χ0) is 13.5. The third kappa shape index (κ3) is 1.68. The molecule has 2 aromatic rings. The largest absolute Gasteiger partial charge is 0.331 e. The number of carbonyl (C=O) groups is 1. The Morgan fingerprint density at radius 1 is 0.900 bits per heavy atom. The van der Waals surface area contributed by atoms with Gasteiger partial charge in [0.1, 0.15) is 0 Å². The van der Waals surface area contributed by atoms with E-state index in [4.69, 9.17) is 0 Å². The van der Waals surface area contributed by atoms with Crippen LogP contribution in [0.4, 0.5) is 0 Å². The second kappa shape index (κ2) is 4.48. The van der Waals surface area contributed by atoms with E-state index in [2.05, 4.69) is 35.2 Å². The van der Waals surface area contributed by atoms with Crippen molar-refractivity contribution in [2.75, 3.05) is 6.54 Å². The molecule has 0 spiro atoms. The molecule has 0 N–H and O–H groups in total. The van der Waals surface area contributed by atoms with Crippen LogP contribution < -0.4 is 0 Å². The monoisotopic (exact) mass is 263 g/mol.